The van der Waals surface area contributed by atoms with Crippen LogP contribution in [0.4, 0.5) is 11.4 Å². The van der Waals surface area contributed by atoms with Crippen molar-refractivity contribution in [1.82, 2.24) is 9.78 Å². The molecule has 1 unspecified atom stereocenters. The molecule has 148 valence electrons. The van der Waals surface area contributed by atoms with Crippen LogP contribution >= 0.6 is 0 Å². The summed E-state index contributed by atoms with van der Waals surface area (Å²) in [6, 6.07) is 21.9. The summed E-state index contributed by atoms with van der Waals surface area (Å²) in [6.07, 6.45) is 1.68. The standard InChI is InChI=1S/C24H19N3O3/c1-24(30)20-11-4-5-12-21(20)27(23(24)29)18-9-6-7-16(13-18)15-26-22(28)19-10-3-2-8-17(19)14-25-26/h2-14,30H,15H2,1H3. The van der Waals surface area contributed by atoms with Gasteiger partial charge in [0.2, 0.25) is 0 Å². The Morgan fingerprint density at radius 3 is 2.60 bits per heavy atom. The Morgan fingerprint density at radius 2 is 1.73 bits per heavy atom. The van der Waals surface area contributed by atoms with Crippen LogP contribution in [0.5, 0.6) is 0 Å². The highest BCUT2D eigenvalue weighted by Crippen LogP contribution is 2.43. The molecular weight excluding hydrogens is 378 g/mol. The molecule has 6 nitrogen and oxygen atoms in total. The topological polar surface area (TPSA) is 75.4 Å². The minimum atomic E-state index is -1.58. The first-order valence-corrected chi connectivity index (χ1v) is 9.67. The van der Waals surface area contributed by atoms with Crippen LogP contribution in [0.2, 0.25) is 0 Å². The first kappa shape index (κ1) is 18.3. The summed E-state index contributed by atoms with van der Waals surface area (Å²) in [5.41, 5.74) is 0.956. The van der Waals surface area contributed by atoms with Crippen LogP contribution in [0.3, 0.4) is 0 Å². The number of aliphatic hydroxyl groups is 1. The minimum Gasteiger partial charge on any atom is -0.375 e. The van der Waals surface area contributed by atoms with Gasteiger partial charge in [-0.1, -0.05) is 48.5 Å². The molecule has 0 fully saturated rings. The van der Waals surface area contributed by atoms with E-state index in [1.165, 1.54) is 16.5 Å². The largest absolute Gasteiger partial charge is 0.375 e. The fraction of sp³-hybridized carbons (Fsp3) is 0.125. The smallest absolute Gasteiger partial charge is 0.274 e. The molecule has 0 aliphatic carbocycles. The summed E-state index contributed by atoms with van der Waals surface area (Å²) < 4.78 is 1.41. The molecule has 1 aliphatic heterocycles. The van der Waals surface area contributed by atoms with Gasteiger partial charge in [-0.25, -0.2) is 4.68 Å². The molecule has 3 aromatic carbocycles. The number of carbonyl (C=O) groups excluding carboxylic acids is 1. The SMILES string of the molecule is CC1(O)C(=O)N(c2cccc(Cn3ncc4ccccc4c3=O)c2)c2ccccc21. The number of benzene rings is 3. The third-order valence-electron chi connectivity index (χ3n) is 5.55. The second kappa shape index (κ2) is 6.64. The van der Waals surface area contributed by atoms with E-state index in [2.05, 4.69) is 5.10 Å². The van der Waals surface area contributed by atoms with Crippen molar-refractivity contribution >= 4 is 28.1 Å². The Labute approximate surface area is 172 Å². The van der Waals surface area contributed by atoms with Crippen LogP contribution in [-0.2, 0) is 16.9 Å². The maximum absolute atomic E-state index is 13.0. The van der Waals surface area contributed by atoms with E-state index in [0.29, 0.717) is 22.3 Å². The number of para-hydroxylation sites is 1. The van der Waals surface area contributed by atoms with Gasteiger partial charge in [-0.2, -0.15) is 5.10 Å². The average Bonchev–Trinajstić information content (AvgIpc) is 2.96. The highest BCUT2D eigenvalue weighted by Gasteiger charge is 2.46. The fourth-order valence-corrected chi connectivity index (χ4v) is 3.99. The number of amides is 1. The second-order valence-corrected chi connectivity index (χ2v) is 7.59. The third kappa shape index (κ3) is 2.73. The summed E-state index contributed by atoms with van der Waals surface area (Å²) in [6.45, 7) is 1.79. The number of nitrogens with zero attached hydrogens (tertiary/aromatic N) is 3. The van der Waals surface area contributed by atoms with Gasteiger partial charge in [0, 0.05) is 16.6 Å². The van der Waals surface area contributed by atoms with E-state index in [1.807, 2.05) is 54.6 Å². The lowest BCUT2D eigenvalue weighted by molar-refractivity contribution is -0.133. The first-order valence-electron chi connectivity index (χ1n) is 9.67. The predicted molar refractivity (Wildman–Crippen MR) is 115 cm³/mol. The Hall–Kier alpha value is -3.77. The molecule has 1 N–H and O–H groups in total. The van der Waals surface area contributed by atoms with E-state index < -0.39 is 11.5 Å². The van der Waals surface area contributed by atoms with Crippen LogP contribution in [0.15, 0.2) is 83.8 Å². The van der Waals surface area contributed by atoms with Crippen molar-refractivity contribution in [2.75, 3.05) is 4.90 Å². The molecule has 5 rings (SSSR count). The molecule has 0 saturated carbocycles. The monoisotopic (exact) mass is 397 g/mol. The molecule has 4 aromatic rings. The lowest BCUT2D eigenvalue weighted by Crippen LogP contribution is -2.35. The molecule has 0 radical (unpaired) electrons. The van der Waals surface area contributed by atoms with Crippen LogP contribution in [0, 0.1) is 0 Å². The van der Waals surface area contributed by atoms with Crippen molar-refractivity contribution in [1.29, 1.82) is 0 Å². The van der Waals surface area contributed by atoms with E-state index in [4.69, 9.17) is 0 Å². The quantitative estimate of drug-likeness (QED) is 0.575. The molecule has 6 heteroatoms. The summed E-state index contributed by atoms with van der Waals surface area (Å²) in [7, 11) is 0. The van der Waals surface area contributed by atoms with Crippen LogP contribution in [0.1, 0.15) is 18.1 Å². The van der Waals surface area contributed by atoms with Crippen LogP contribution in [-0.4, -0.2) is 20.8 Å². The van der Waals surface area contributed by atoms with Crippen molar-refractivity contribution in [3.63, 3.8) is 0 Å². The number of hydrogen-bond acceptors (Lipinski definition) is 4. The first-order chi connectivity index (χ1) is 14.5. The van der Waals surface area contributed by atoms with Gasteiger partial charge >= 0.3 is 0 Å². The predicted octanol–water partition coefficient (Wildman–Crippen LogP) is 3.33. The van der Waals surface area contributed by atoms with Gasteiger partial charge in [0.1, 0.15) is 0 Å². The summed E-state index contributed by atoms with van der Waals surface area (Å²) >= 11 is 0. The number of aromatic nitrogens is 2. The zero-order chi connectivity index (χ0) is 20.9. The Balaban J connectivity index is 1.54. The van der Waals surface area contributed by atoms with Crippen molar-refractivity contribution < 1.29 is 9.90 Å². The summed E-state index contributed by atoms with van der Waals surface area (Å²) in [5, 5.41) is 16.4. The summed E-state index contributed by atoms with van der Waals surface area (Å²) in [4.78, 5) is 27.3. The molecule has 2 heterocycles. The van der Waals surface area contributed by atoms with Crippen molar-refractivity contribution in [3.8, 4) is 0 Å². The van der Waals surface area contributed by atoms with E-state index >= 15 is 0 Å². The maximum atomic E-state index is 13.0. The molecular formula is C24H19N3O3. The third-order valence-corrected chi connectivity index (χ3v) is 5.55. The van der Waals surface area contributed by atoms with E-state index in [9.17, 15) is 14.7 Å². The van der Waals surface area contributed by atoms with Crippen LogP contribution in [0.25, 0.3) is 10.8 Å². The second-order valence-electron chi connectivity index (χ2n) is 7.59. The molecule has 0 saturated heterocycles. The fourth-order valence-electron chi connectivity index (χ4n) is 3.99. The van der Waals surface area contributed by atoms with Crippen molar-refractivity contribution in [2.24, 2.45) is 0 Å². The van der Waals surface area contributed by atoms with Gasteiger partial charge in [-0.3, -0.25) is 14.5 Å². The number of fused-ring (bicyclic) bond motifs is 2. The molecule has 1 aromatic heterocycles. The van der Waals surface area contributed by atoms with Gasteiger partial charge in [0.15, 0.2) is 5.60 Å². The number of carbonyl (C=O) groups is 1. The van der Waals surface area contributed by atoms with Gasteiger partial charge in [0.05, 0.1) is 23.8 Å². The lowest BCUT2D eigenvalue weighted by Gasteiger charge is -2.20. The zero-order valence-corrected chi connectivity index (χ0v) is 16.3. The molecule has 0 spiro atoms. The van der Waals surface area contributed by atoms with Gasteiger partial charge in [0.25, 0.3) is 11.5 Å². The van der Waals surface area contributed by atoms with Gasteiger partial charge < -0.3 is 5.11 Å². The molecule has 0 bridgehead atoms. The molecule has 30 heavy (non-hydrogen) atoms. The number of rotatable bonds is 3. The molecule has 1 atom stereocenters. The van der Waals surface area contributed by atoms with Crippen molar-refractivity contribution in [2.45, 2.75) is 19.1 Å². The maximum Gasteiger partial charge on any atom is 0.274 e. The highest BCUT2D eigenvalue weighted by molar-refractivity contribution is 6.11. The zero-order valence-electron chi connectivity index (χ0n) is 16.3. The highest BCUT2D eigenvalue weighted by atomic mass is 16.3. The van der Waals surface area contributed by atoms with E-state index in [-0.39, 0.29) is 12.1 Å². The number of hydrogen-bond donors (Lipinski definition) is 1. The van der Waals surface area contributed by atoms with Crippen molar-refractivity contribution in [3.05, 3.63) is 100 Å². The molecule has 1 aliphatic rings. The number of anilines is 2. The van der Waals surface area contributed by atoms with Gasteiger partial charge in [-0.15, -0.1) is 0 Å². The van der Waals surface area contributed by atoms with E-state index in [1.54, 1.807) is 24.4 Å². The molecule has 1 amide bonds. The summed E-state index contributed by atoms with van der Waals surface area (Å²) in [5.74, 6) is -0.401. The average molecular weight is 397 g/mol. The lowest BCUT2D eigenvalue weighted by atomic mass is 9.98. The Bertz CT molecular complexity index is 1360. The Kier molecular flexibility index (Phi) is 4.04. The van der Waals surface area contributed by atoms with Crippen LogP contribution < -0.4 is 10.5 Å². The van der Waals surface area contributed by atoms with E-state index in [0.717, 1.165) is 10.9 Å². The Morgan fingerprint density at radius 1 is 0.967 bits per heavy atom. The van der Waals surface area contributed by atoms with Gasteiger partial charge in [-0.05, 0) is 36.8 Å². The minimum absolute atomic E-state index is 0.163. The normalized spacial score (nSPS) is 18.1.